The largest absolute Gasteiger partial charge is 0.472 e. The topological polar surface area (TPSA) is 43.0 Å². The van der Waals surface area contributed by atoms with Gasteiger partial charge < -0.3 is 9.73 Å². The monoisotopic (exact) mass is 339 g/mol. The summed E-state index contributed by atoms with van der Waals surface area (Å²) in [5.74, 6) is -0.232. The van der Waals surface area contributed by atoms with E-state index in [1.54, 1.807) is 24.7 Å². The van der Waals surface area contributed by atoms with Gasteiger partial charge in [-0.1, -0.05) is 13.8 Å². The molecule has 0 aliphatic heterocycles. The molecule has 2 aromatic heterocycles. The molecule has 1 aromatic carbocycles. The highest BCUT2D eigenvalue weighted by Crippen LogP contribution is 2.41. The van der Waals surface area contributed by atoms with E-state index in [-0.39, 0.29) is 17.3 Å². The smallest absolute Gasteiger partial charge is 0.123 e. The third-order valence-corrected chi connectivity index (χ3v) is 4.88. The van der Waals surface area contributed by atoms with Gasteiger partial charge >= 0.3 is 0 Å². The first-order valence-corrected chi connectivity index (χ1v) is 8.59. The number of halogens is 1. The van der Waals surface area contributed by atoms with Crippen LogP contribution in [0.3, 0.4) is 0 Å². The second-order valence-electron chi connectivity index (χ2n) is 7.55. The molecule has 0 saturated carbocycles. The van der Waals surface area contributed by atoms with Crippen LogP contribution in [-0.4, -0.2) is 9.78 Å². The van der Waals surface area contributed by atoms with Crippen molar-refractivity contribution in [3.63, 3.8) is 0 Å². The van der Waals surface area contributed by atoms with Gasteiger partial charge in [-0.3, -0.25) is 0 Å². The lowest BCUT2D eigenvalue weighted by atomic mass is 9.74. The molecular weight excluding hydrogens is 317 g/mol. The number of benzene rings is 1. The van der Waals surface area contributed by atoms with Gasteiger partial charge in [0.1, 0.15) is 5.82 Å². The molecule has 4 rings (SSSR count). The van der Waals surface area contributed by atoms with E-state index in [2.05, 4.69) is 24.3 Å². The minimum absolute atomic E-state index is 0.166. The molecule has 1 aliphatic carbocycles. The zero-order valence-electron chi connectivity index (χ0n) is 14.5. The number of nitrogens with one attached hydrogen (secondary N) is 1. The van der Waals surface area contributed by atoms with Crippen LogP contribution in [0.5, 0.6) is 0 Å². The van der Waals surface area contributed by atoms with Crippen LogP contribution in [0.4, 0.5) is 4.39 Å². The fourth-order valence-corrected chi connectivity index (χ4v) is 3.66. The zero-order valence-corrected chi connectivity index (χ0v) is 14.5. The summed E-state index contributed by atoms with van der Waals surface area (Å²) in [6.07, 6.45) is 7.40. The maximum atomic E-state index is 13.2. The van der Waals surface area contributed by atoms with Gasteiger partial charge in [-0.2, -0.15) is 5.10 Å². The molecule has 3 aromatic rings. The van der Waals surface area contributed by atoms with E-state index in [1.165, 1.54) is 23.4 Å². The second-order valence-corrected chi connectivity index (χ2v) is 7.55. The Morgan fingerprint density at radius 3 is 2.80 bits per heavy atom. The normalized spacial score (nSPS) is 18.9. The van der Waals surface area contributed by atoms with Gasteiger partial charge in [0, 0.05) is 29.4 Å². The number of aromatic nitrogens is 2. The van der Waals surface area contributed by atoms with Crippen molar-refractivity contribution < 1.29 is 8.81 Å². The minimum Gasteiger partial charge on any atom is -0.472 e. The minimum atomic E-state index is -0.232. The molecule has 1 atom stereocenters. The highest BCUT2D eigenvalue weighted by molar-refractivity contribution is 5.38. The number of furan rings is 1. The summed E-state index contributed by atoms with van der Waals surface area (Å²) in [5, 5.41) is 8.23. The maximum Gasteiger partial charge on any atom is 0.123 e. The summed E-state index contributed by atoms with van der Waals surface area (Å²) < 4.78 is 20.3. The van der Waals surface area contributed by atoms with E-state index in [4.69, 9.17) is 4.42 Å². The highest BCUT2D eigenvalue weighted by Gasteiger charge is 2.35. The zero-order chi connectivity index (χ0) is 17.4. The van der Waals surface area contributed by atoms with E-state index in [9.17, 15) is 4.39 Å². The summed E-state index contributed by atoms with van der Waals surface area (Å²) in [7, 11) is 0. The number of fused-ring (bicyclic) bond motifs is 1. The maximum absolute atomic E-state index is 13.2. The lowest BCUT2D eigenvalue weighted by Gasteiger charge is -2.36. The first-order valence-electron chi connectivity index (χ1n) is 8.59. The average Bonchev–Trinajstić information content (AvgIpc) is 3.22. The predicted octanol–water partition coefficient (Wildman–Crippen LogP) is 4.41. The van der Waals surface area contributed by atoms with Gasteiger partial charge in [-0.15, -0.1) is 0 Å². The van der Waals surface area contributed by atoms with Gasteiger partial charge in [0.15, 0.2) is 0 Å². The first kappa shape index (κ1) is 16.1. The Labute approximate surface area is 146 Å². The summed E-state index contributed by atoms with van der Waals surface area (Å²) in [6, 6.07) is 8.72. The molecule has 25 heavy (non-hydrogen) atoms. The SMILES string of the molecule is CC1(C)Cc2c(cnn2-c2ccc(F)cc2)[C@@H](NCc2ccoc2)C1. The Balaban J connectivity index is 1.65. The van der Waals surface area contributed by atoms with Crippen molar-refractivity contribution in [2.75, 3.05) is 0 Å². The summed E-state index contributed by atoms with van der Waals surface area (Å²) in [6.45, 7) is 5.33. The third-order valence-electron chi connectivity index (χ3n) is 4.88. The van der Waals surface area contributed by atoms with Crippen molar-refractivity contribution >= 4 is 0 Å². The second kappa shape index (κ2) is 6.15. The Kier molecular flexibility index (Phi) is 3.96. The molecule has 4 nitrogen and oxygen atoms in total. The molecule has 1 aliphatic rings. The molecule has 0 radical (unpaired) electrons. The van der Waals surface area contributed by atoms with Crippen LogP contribution in [0.1, 0.15) is 43.1 Å². The first-order chi connectivity index (χ1) is 12.0. The fourth-order valence-electron chi connectivity index (χ4n) is 3.66. The molecule has 1 N–H and O–H groups in total. The fraction of sp³-hybridized carbons (Fsp3) is 0.350. The molecule has 130 valence electrons. The molecule has 0 amide bonds. The summed E-state index contributed by atoms with van der Waals surface area (Å²) in [4.78, 5) is 0. The van der Waals surface area contributed by atoms with Crippen LogP contribution in [0.15, 0.2) is 53.5 Å². The van der Waals surface area contributed by atoms with Gasteiger partial charge in [0.2, 0.25) is 0 Å². The van der Waals surface area contributed by atoms with Crippen molar-refractivity contribution in [2.24, 2.45) is 5.41 Å². The van der Waals surface area contributed by atoms with Crippen molar-refractivity contribution in [3.05, 3.63) is 71.7 Å². The summed E-state index contributed by atoms with van der Waals surface area (Å²) in [5.41, 5.74) is 4.63. The Morgan fingerprint density at radius 2 is 2.08 bits per heavy atom. The molecule has 2 heterocycles. The van der Waals surface area contributed by atoms with Gasteiger partial charge in [-0.05, 0) is 48.6 Å². The van der Waals surface area contributed by atoms with Crippen LogP contribution in [0, 0.1) is 11.2 Å². The predicted molar refractivity (Wildman–Crippen MR) is 93.9 cm³/mol. The van der Waals surface area contributed by atoms with Crippen LogP contribution < -0.4 is 5.32 Å². The van der Waals surface area contributed by atoms with E-state index in [0.717, 1.165) is 30.6 Å². The Morgan fingerprint density at radius 1 is 1.28 bits per heavy atom. The lowest BCUT2D eigenvalue weighted by Crippen LogP contribution is -2.33. The van der Waals surface area contributed by atoms with Crippen molar-refractivity contribution in [1.29, 1.82) is 0 Å². The van der Waals surface area contributed by atoms with Crippen LogP contribution in [0.25, 0.3) is 5.69 Å². The van der Waals surface area contributed by atoms with Crippen molar-refractivity contribution in [3.8, 4) is 5.69 Å². The number of hydrogen-bond acceptors (Lipinski definition) is 3. The number of rotatable bonds is 4. The highest BCUT2D eigenvalue weighted by atomic mass is 19.1. The van der Waals surface area contributed by atoms with Gasteiger partial charge in [-0.25, -0.2) is 9.07 Å². The Hall–Kier alpha value is -2.40. The molecule has 0 fully saturated rings. The molecule has 0 saturated heterocycles. The van der Waals surface area contributed by atoms with E-state index < -0.39 is 0 Å². The van der Waals surface area contributed by atoms with E-state index >= 15 is 0 Å². The molecular formula is C20H22FN3O. The molecule has 5 heteroatoms. The van der Waals surface area contributed by atoms with E-state index in [0.29, 0.717) is 0 Å². The van der Waals surface area contributed by atoms with Crippen LogP contribution in [0.2, 0.25) is 0 Å². The quantitative estimate of drug-likeness (QED) is 0.766. The van der Waals surface area contributed by atoms with Crippen LogP contribution in [-0.2, 0) is 13.0 Å². The third kappa shape index (κ3) is 3.24. The van der Waals surface area contributed by atoms with Gasteiger partial charge in [0.25, 0.3) is 0 Å². The van der Waals surface area contributed by atoms with Gasteiger partial charge in [0.05, 0.1) is 24.4 Å². The molecule has 0 unspecified atom stereocenters. The molecule has 0 bridgehead atoms. The molecule has 0 spiro atoms. The summed E-state index contributed by atoms with van der Waals surface area (Å²) >= 11 is 0. The standard InChI is InChI=1S/C20H22FN3O/c1-20(2)9-18(22-11-14-7-8-25-13-14)17-12-23-24(19(17)10-20)16-5-3-15(21)4-6-16/h3-8,12-13,18,22H,9-11H2,1-2H3/t18-/m0/s1. The van der Waals surface area contributed by atoms with Crippen molar-refractivity contribution in [1.82, 2.24) is 15.1 Å². The Bertz CT molecular complexity index is 850. The van der Waals surface area contributed by atoms with Crippen LogP contribution >= 0.6 is 0 Å². The number of hydrogen-bond donors (Lipinski definition) is 1. The van der Waals surface area contributed by atoms with E-state index in [1.807, 2.05) is 16.9 Å². The van der Waals surface area contributed by atoms with Crippen molar-refractivity contribution in [2.45, 2.75) is 39.3 Å². The number of nitrogens with zero attached hydrogens (tertiary/aromatic N) is 2. The lowest BCUT2D eigenvalue weighted by molar-refractivity contribution is 0.252. The average molecular weight is 339 g/mol.